The number of amides is 1. The van der Waals surface area contributed by atoms with Crippen LogP contribution in [-0.2, 0) is 4.79 Å². The molecule has 3 aliphatic rings. The summed E-state index contributed by atoms with van der Waals surface area (Å²) >= 11 is 0. The minimum Gasteiger partial charge on any atom is -0.493 e. The first kappa shape index (κ1) is 20.5. The number of piperazine rings is 1. The largest absolute Gasteiger partial charge is 0.493 e. The summed E-state index contributed by atoms with van der Waals surface area (Å²) in [6, 6.07) is 6.97. The van der Waals surface area contributed by atoms with Gasteiger partial charge in [-0.25, -0.2) is 0 Å². The van der Waals surface area contributed by atoms with Crippen LogP contribution in [0.4, 0.5) is 0 Å². The number of nitrogens with zero attached hydrogens (tertiary/aromatic N) is 3. The summed E-state index contributed by atoms with van der Waals surface area (Å²) < 4.78 is 10.8. The quantitative estimate of drug-likeness (QED) is 0.733. The number of ether oxygens (including phenoxy) is 2. The summed E-state index contributed by atoms with van der Waals surface area (Å²) in [7, 11) is 3.31. The van der Waals surface area contributed by atoms with Crippen LogP contribution in [0, 0.1) is 0 Å². The molecule has 2 saturated heterocycles. The first-order valence-electron chi connectivity index (χ1n) is 11.2. The molecule has 1 aromatic rings. The zero-order valence-electron chi connectivity index (χ0n) is 17.9. The molecule has 0 N–H and O–H groups in total. The van der Waals surface area contributed by atoms with Crippen molar-refractivity contribution in [2.75, 3.05) is 53.5 Å². The lowest BCUT2D eigenvalue weighted by atomic mass is 10.0. The van der Waals surface area contributed by atoms with E-state index in [1.807, 2.05) is 12.1 Å². The minimum atomic E-state index is 0.141. The third kappa shape index (κ3) is 4.53. The summed E-state index contributed by atoms with van der Waals surface area (Å²) in [6.45, 7) is 5.63. The Morgan fingerprint density at radius 1 is 0.931 bits per heavy atom. The van der Waals surface area contributed by atoms with E-state index in [1.165, 1.54) is 25.7 Å². The minimum absolute atomic E-state index is 0.141. The number of likely N-dealkylation sites (tertiary alicyclic amines) is 1. The lowest BCUT2D eigenvalue weighted by Crippen LogP contribution is -2.52. The average Bonchev–Trinajstić information content (AvgIpc) is 3.46. The van der Waals surface area contributed by atoms with Crippen LogP contribution in [0.5, 0.6) is 11.5 Å². The van der Waals surface area contributed by atoms with Gasteiger partial charge < -0.3 is 14.4 Å². The van der Waals surface area contributed by atoms with Crippen LogP contribution in [0.1, 0.15) is 50.1 Å². The molecule has 6 heteroatoms. The molecule has 0 bridgehead atoms. The van der Waals surface area contributed by atoms with Crippen molar-refractivity contribution in [3.05, 3.63) is 23.8 Å². The maximum Gasteiger partial charge on any atom is 0.237 e. The van der Waals surface area contributed by atoms with E-state index in [0.717, 1.165) is 68.7 Å². The number of hydrogen-bond acceptors (Lipinski definition) is 5. The number of rotatable bonds is 6. The Morgan fingerprint density at radius 3 is 2.34 bits per heavy atom. The van der Waals surface area contributed by atoms with Gasteiger partial charge in [0.05, 0.1) is 26.8 Å². The Hall–Kier alpha value is -1.79. The zero-order chi connectivity index (χ0) is 20.2. The fraction of sp³-hybridized carbons (Fsp3) is 0.696. The fourth-order valence-corrected chi connectivity index (χ4v) is 5.31. The normalized spacial score (nSPS) is 24.2. The van der Waals surface area contributed by atoms with E-state index in [1.54, 1.807) is 14.2 Å². The van der Waals surface area contributed by atoms with Gasteiger partial charge in [0.25, 0.3) is 0 Å². The van der Waals surface area contributed by atoms with Gasteiger partial charge in [-0.1, -0.05) is 18.9 Å². The first-order chi connectivity index (χ1) is 14.2. The van der Waals surface area contributed by atoms with Crippen molar-refractivity contribution in [1.29, 1.82) is 0 Å². The number of benzene rings is 1. The fourth-order valence-electron chi connectivity index (χ4n) is 5.31. The van der Waals surface area contributed by atoms with Crippen LogP contribution >= 0.6 is 0 Å². The van der Waals surface area contributed by atoms with Crippen LogP contribution in [-0.4, -0.2) is 80.1 Å². The van der Waals surface area contributed by atoms with E-state index < -0.39 is 0 Å². The van der Waals surface area contributed by atoms with Gasteiger partial charge in [-0.2, -0.15) is 0 Å². The molecule has 2 aliphatic heterocycles. The predicted molar refractivity (Wildman–Crippen MR) is 114 cm³/mol. The van der Waals surface area contributed by atoms with Gasteiger partial charge in [0.2, 0.25) is 5.91 Å². The molecule has 3 fully saturated rings. The Bertz CT molecular complexity index is 697. The Labute approximate surface area is 174 Å². The predicted octanol–water partition coefficient (Wildman–Crippen LogP) is 2.93. The SMILES string of the molecule is COc1ccc(C2CCCN2C(=O)CN2CCN(C3CCCC3)CC2)cc1OC. The molecule has 6 nitrogen and oxygen atoms in total. The van der Waals surface area contributed by atoms with Crippen molar-refractivity contribution in [3.8, 4) is 11.5 Å². The van der Waals surface area contributed by atoms with E-state index >= 15 is 0 Å². The molecule has 1 unspecified atom stereocenters. The van der Waals surface area contributed by atoms with Crippen molar-refractivity contribution in [1.82, 2.24) is 14.7 Å². The molecular formula is C23H35N3O3. The van der Waals surface area contributed by atoms with E-state index in [0.29, 0.717) is 6.54 Å². The van der Waals surface area contributed by atoms with Gasteiger partial charge >= 0.3 is 0 Å². The molecule has 4 rings (SSSR count). The molecule has 29 heavy (non-hydrogen) atoms. The van der Waals surface area contributed by atoms with E-state index in [9.17, 15) is 4.79 Å². The molecule has 0 radical (unpaired) electrons. The van der Waals surface area contributed by atoms with Crippen molar-refractivity contribution in [2.24, 2.45) is 0 Å². The van der Waals surface area contributed by atoms with E-state index in [2.05, 4.69) is 20.8 Å². The molecule has 1 aromatic carbocycles. The molecule has 2 heterocycles. The zero-order valence-corrected chi connectivity index (χ0v) is 17.9. The number of carbonyl (C=O) groups is 1. The molecule has 160 valence electrons. The second kappa shape index (κ2) is 9.35. The summed E-state index contributed by atoms with van der Waals surface area (Å²) in [5.74, 6) is 1.72. The second-order valence-electron chi connectivity index (χ2n) is 8.61. The average molecular weight is 402 g/mol. The van der Waals surface area contributed by atoms with Crippen molar-refractivity contribution < 1.29 is 14.3 Å². The van der Waals surface area contributed by atoms with Gasteiger partial charge in [0.1, 0.15) is 0 Å². The Balaban J connectivity index is 1.35. The second-order valence-corrected chi connectivity index (χ2v) is 8.61. The lowest BCUT2D eigenvalue weighted by molar-refractivity contribution is -0.133. The van der Waals surface area contributed by atoms with Gasteiger partial charge in [-0.15, -0.1) is 0 Å². The third-order valence-electron chi connectivity index (χ3n) is 6.97. The van der Waals surface area contributed by atoms with Crippen molar-refractivity contribution >= 4 is 5.91 Å². The topological polar surface area (TPSA) is 45.2 Å². The highest BCUT2D eigenvalue weighted by Crippen LogP contribution is 2.37. The molecule has 1 saturated carbocycles. The van der Waals surface area contributed by atoms with Gasteiger partial charge in [0, 0.05) is 38.8 Å². The summed E-state index contributed by atoms with van der Waals surface area (Å²) in [5.41, 5.74) is 1.14. The number of hydrogen-bond donors (Lipinski definition) is 0. The van der Waals surface area contributed by atoms with E-state index in [-0.39, 0.29) is 11.9 Å². The smallest absolute Gasteiger partial charge is 0.237 e. The summed E-state index contributed by atoms with van der Waals surface area (Å²) in [6.07, 6.45) is 7.56. The van der Waals surface area contributed by atoms with Crippen LogP contribution < -0.4 is 9.47 Å². The molecule has 1 atom stereocenters. The lowest BCUT2D eigenvalue weighted by Gasteiger charge is -2.38. The van der Waals surface area contributed by atoms with Gasteiger partial charge in [-0.3, -0.25) is 14.6 Å². The Kier molecular flexibility index (Phi) is 6.60. The number of carbonyl (C=O) groups excluding carboxylic acids is 1. The van der Waals surface area contributed by atoms with Gasteiger partial charge in [-0.05, 0) is 43.4 Å². The van der Waals surface area contributed by atoms with Crippen LogP contribution in [0.25, 0.3) is 0 Å². The first-order valence-corrected chi connectivity index (χ1v) is 11.2. The van der Waals surface area contributed by atoms with Crippen molar-refractivity contribution in [2.45, 2.75) is 50.6 Å². The summed E-state index contributed by atoms with van der Waals surface area (Å²) in [5, 5.41) is 0. The van der Waals surface area contributed by atoms with Crippen molar-refractivity contribution in [3.63, 3.8) is 0 Å². The van der Waals surface area contributed by atoms with E-state index in [4.69, 9.17) is 9.47 Å². The standard InChI is InChI=1S/C23H35N3O3/c1-28-21-10-9-18(16-22(21)29-2)20-8-5-11-26(20)23(27)17-24-12-14-25(15-13-24)19-6-3-4-7-19/h9-10,16,19-20H,3-8,11-15,17H2,1-2H3. The maximum atomic E-state index is 13.1. The molecule has 0 aromatic heterocycles. The van der Waals surface area contributed by atoms with Crippen LogP contribution in [0.3, 0.4) is 0 Å². The maximum absolute atomic E-state index is 13.1. The monoisotopic (exact) mass is 401 g/mol. The molecular weight excluding hydrogens is 366 g/mol. The van der Waals surface area contributed by atoms with Gasteiger partial charge in [0.15, 0.2) is 11.5 Å². The molecule has 1 amide bonds. The highest BCUT2D eigenvalue weighted by molar-refractivity contribution is 5.79. The number of methoxy groups -OCH3 is 2. The Morgan fingerprint density at radius 2 is 1.66 bits per heavy atom. The molecule has 0 spiro atoms. The van der Waals surface area contributed by atoms with Crippen LogP contribution in [0.15, 0.2) is 18.2 Å². The highest BCUT2D eigenvalue weighted by atomic mass is 16.5. The third-order valence-corrected chi connectivity index (χ3v) is 6.97. The highest BCUT2D eigenvalue weighted by Gasteiger charge is 2.32. The summed E-state index contributed by atoms with van der Waals surface area (Å²) in [4.78, 5) is 20.2. The molecule has 1 aliphatic carbocycles. The van der Waals surface area contributed by atoms with Crippen LogP contribution in [0.2, 0.25) is 0 Å².